The molecule has 0 saturated heterocycles. The smallest absolute Gasteiger partial charge is 0.191 e. The predicted molar refractivity (Wildman–Crippen MR) is 110 cm³/mol. The lowest BCUT2D eigenvalue weighted by Gasteiger charge is -2.14. The minimum absolute atomic E-state index is 0.136. The minimum atomic E-state index is -3.22. The molecule has 0 aliphatic carbocycles. The van der Waals surface area contributed by atoms with Crippen LogP contribution in [0.3, 0.4) is 0 Å². The highest BCUT2D eigenvalue weighted by Crippen LogP contribution is 2.14. The van der Waals surface area contributed by atoms with Crippen molar-refractivity contribution in [2.45, 2.75) is 25.1 Å². The van der Waals surface area contributed by atoms with Gasteiger partial charge < -0.3 is 15.7 Å². The summed E-state index contributed by atoms with van der Waals surface area (Å²) >= 11 is 0. The van der Waals surface area contributed by atoms with Gasteiger partial charge in [-0.15, -0.1) is 0 Å². The van der Waals surface area contributed by atoms with E-state index < -0.39 is 15.7 Å². The number of aliphatic imine (C=N–C) groups is 1. The zero-order valence-electron chi connectivity index (χ0n) is 16.1. The highest BCUT2D eigenvalue weighted by Gasteiger charge is 2.11. The number of nitrogens with zero attached hydrogens (tertiary/aromatic N) is 1. The van der Waals surface area contributed by atoms with Crippen LogP contribution in [0.15, 0.2) is 47.5 Å². The van der Waals surface area contributed by atoms with Gasteiger partial charge in [-0.2, -0.15) is 0 Å². The summed E-state index contributed by atoms with van der Waals surface area (Å²) in [5.74, 6) is 0.258. The summed E-state index contributed by atoms with van der Waals surface area (Å²) in [5, 5.41) is 15.6. The van der Waals surface area contributed by atoms with Gasteiger partial charge in [-0.25, -0.2) is 12.8 Å². The van der Waals surface area contributed by atoms with E-state index in [1.165, 1.54) is 18.2 Å². The lowest BCUT2D eigenvalue weighted by atomic mass is 10.1. The highest BCUT2D eigenvalue weighted by atomic mass is 32.2. The van der Waals surface area contributed by atoms with E-state index in [-0.39, 0.29) is 18.0 Å². The maximum Gasteiger partial charge on any atom is 0.191 e. The number of hydrogen-bond acceptors (Lipinski definition) is 4. The fourth-order valence-electron chi connectivity index (χ4n) is 2.74. The molecule has 0 saturated carbocycles. The van der Waals surface area contributed by atoms with Crippen LogP contribution in [0, 0.1) is 5.82 Å². The maximum absolute atomic E-state index is 13.6. The summed E-state index contributed by atoms with van der Waals surface area (Å²) in [6.07, 6.45) is 2.87. The molecule has 152 valence electrons. The minimum Gasteiger partial charge on any atom is -0.508 e. The monoisotopic (exact) mass is 407 g/mol. The van der Waals surface area contributed by atoms with Crippen LogP contribution in [-0.4, -0.2) is 39.3 Å². The van der Waals surface area contributed by atoms with Crippen LogP contribution >= 0.6 is 0 Å². The van der Waals surface area contributed by atoms with Crippen molar-refractivity contribution >= 4 is 15.8 Å². The topological polar surface area (TPSA) is 90.8 Å². The van der Waals surface area contributed by atoms with Crippen molar-refractivity contribution in [1.82, 2.24) is 10.6 Å². The number of phenols is 1. The Morgan fingerprint density at radius 2 is 1.82 bits per heavy atom. The van der Waals surface area contributed by atoms with E-state index in [0.717, 1.165) is 24.7 Å². The Bertz CT molecular complexity index is 913. The molecule has 0 aliphatic rings. The molecule has 0 aliphatic heterocycles. The van der Waals surface area contributed by atoms with Crippen LogP contribution in [0.5, 0.6) is 5.75 Å². The van der Waals surface area contributed by atoms with Crippen molar-refractivity contribution in [3.05, 3.63) is 65.0 Å². The molecule has 28 heavy (non-hydrogen) atoms. The molecule has 0 spiro atoms. The second-order valence-corrected chi connectivity index (χ2v) is 8.75. The zero-order valence-corrected chi connectivity index (χ0v) is 16.9. The molecule has 0 unspecified atom stereocenters. The third-order valence-corrected chi connectivity index (χ3v) is 4.96. The Morgan fingerprint density at radius 3 is 2.46 bits per heavy atom. The number of guanidine groups is 1. The van der Waals surface area contributed by atoms with Crippen LogP contribution in [0.25, 0.3) is 0 Å². The van der Waals surface area contributed by atoms with E-state index in [4.69, 9.17) is 0 Å². The van der Waals surface area contributed by atoms with Crippen molar-refractivity contribution in [2.24, 2.45) is 4.99 Å². The lowest BCUT2D eigenvalue weighted by molar-refractivity contribution is 0.475. The Hall–Kier alpha value is -2.61. The van der Waals surface area contributed by atoms with Crippen molar-refractivity contribution in [3.8, 4) is 5.75 Å². The van der Waals surface area contributed by atoms with Crippen LogP contribution in [0.4, 0.5) is 4.39 Å². The Balaban J connectivity index is 1.86. The third kappa shape index (κ3) is 7.56. The second-order valence-electron chi connectivity index (χ2n) is 6.61. The van der Waals surface area contributed by atoms with Gasteiger partial charge in [0.1, 0.15) is 11.6 Å². The molecule has 3 N–H and O–H groups in total. The van der Waals surface area contributed by atoms with E-state index in [1.54, 1.807) is 19.2 Å². The maximum atomic E-state index is 13.6. The summed E-state index contributed by atoms with van der Waals surface area (Å²) in [7, 11) is -1.58. The molecule has 0 radical (unpaired) electrons. The number of benzene rings is 2. The second kappa shape index (κ2) is 10.1. The number of sulfone groups is 1. The number of halogens is 1. The predicted octanol–water partition coefficient (Wildman–Crippen LogP) is 2.37. The normalized spacial score (nSPS) is 12.0. The molecule has 8 heteroatoms. The van der Waals surface area contributed by atoms with Crippen molar-refractivity contribution < 1.29 is 17.9 Å². The summed E-state index contributed by atoms with van der Waals surface area (Å²) in [6.45, 7) is 0.945. The van der Waals surface area contributed by atoms with Gasteiger partial charge in [0.25, 0.3) is 0 Å². The standard InChI is InChI=1S/C20H26FN3O3S/c1-22-20(23-11-3-4-15-5-9-19(25)10-6-15)24-13-17-12-18(21)8-7-16(17)14-28(2,26)27/h5-10,12,25H,3-4,11,13-14H2,1-2H3,(H2,22,23,24). The number of aryl methyl sites for hydroxylation is 1. The first kappa shape index (κ1) is 21.7. The van der Waals surface area contributed by atoms with E-state index in [0.29, 0.717) is 23.6 Å². The van der Waals surface area contributed by atoms with Gasteiger partial charge in [0.2, 0.25) is 0 Å². The van der Waals surface area contributed by atoms with Gasteiger partial charge in [0, 0.05) is 26.4 Å². The summed E-state index contributed by atoms with van der Waals surface area (Å²) < 4.78 is 36.7. The highest BCUT2D eigenvalue weighted by molar-refractivity contribution is 7.89. The first-order chi connectivity index (χ1) is 13.3. The first-order valence-corrected chi connectivity index (χ1v) is 11.0. The number of nitrogens with one attached hydrogen (secondary N) is 2. The fraction of sp³-hybridized carbons (Fsp3) is 0.350. The fourth-order valence-corrected chi connectivity index (χ4v) is 3.59. The van der Waals surface area contributed by atoms with Gasteiger partial charge in [-0.1, -0.05) is 18.2 Å². The summed E-state index contributed by atoms with van der Waals surface area (Å²) in [4.78, 5) is 4.14. The van der Waals surface area contributed by atoms with Crippen LogP contribution < -0.4 is 10.6 Å². The van der Waals surface area contributed by atoms with Crippen LogP contribution in [-0.2, 0) is 28.6 Å². The number of hydrogen-bond donors (Lipinski definition) is 3. The number of aromatic hydroxyl groups is 1. The molecule has 0 aromatic heterocycles. The van der Waals surface area contributed by atoms with Gasteiger partial charge in [-0.05, 0) is 53.8 Å². The lowest BCUT2D eigenvalue weighted by Crippen LogP contribution is -2.37. The number of phenolic OH excluding ortho intramolecular Hbond substituents is 1. The largest absolute Gasteiger partial charge is 0.508 e. The van der Waals surface area contributed by atoms with E-state index in [9.17, 15) is 17.9 Å². The van der Waals surface area contributed by atoms with E-state index >= 15 is 0 Å². The SMILES string of the molecule is CN=C(NCCCc1ccc(O)cc1)NCc1cc(F)ccc1CS(C)(=O)=O. The summed E-state index contributed by atoms with van der Waals surface area (Å²) in [5.41, 5.74) is 2.28. The molecule has 2 aromatic carbocycles. The average Bonchev–Trinajstić information content (AvgIpc) is 2.63. The molecular formula is C20H26FN3O3S. The average molecular weight is 408 g/mol. The molecule has 2 rings (SSSR count). The van der Waals surface area contributed by atoms with Crippen molar-refractivity contribution in [2.75, 3.05) is 19.8 Å². The molecule has 6 nitrogen and oxygen atoms in total. The molecule has 2 aromatic rings. The zero-order chi connectivity index (χ0) is 20.6. The Morgan fingerprint density at radius 1 is 1.11 bits per heavy atom. The third-order valence-electron chi connectivity index (χ3n) is 4.13. The Labute approximate surface area is 165 Å². The van der Waals surface area contributed by atoms with Gasteiger partial charge in [-0.3, -0.25) is 4.99 Å². The number of rotatable bonds is 8. The molecular weight excluding hydrogens is 381 g/mol. The molecule has 0 fully saturated rings. The van der Waals surface area contributed by atoms with Crippen molar-refractivity contribution in [3.63, 3.8) is 0 Å². The van der Waals surface area contributed by atoms with Crippen LogP contribution in [0.2, 0.25) is 0 Å². The Kier molecular flexibility index (Phi) is 7.80. The van der Waals surface area contributed by atoms with Crippen LogP contribution in [0.1, 0.15) is 23.1 Å². The molecule has 0 atom stereocenters. The van der Waals surface area contributed by atoms with Gasteiger partial charge in [0.05, 0.1) is 5.75 Å². The first-order valence-electron chi connectivity index (χ1n) is 8.94. The van der Waals surface area contributed by atoms with Crippen molar-refractivity contribution in [1.29, 1.82) is 0 Å². The molecule has 0 heterocycles. The van der Waals surface area contributed by atoms with E-state index in [1.807, 2.05) is 12.1 Å². The van der Waals surface area contributed by atoms with E-state index in [2.05, 4.69) is 15.6 Å². The quantitative estimate of drug-likeness (QED) is 0.355. The molecule has 0 bridgehead atoms. The molecule has 0 amide bonds. The summed E-state index contributed by atoms with van der Waals surface area (Å²) in [6, 6.07) is 11.2. The van der Waals surface area contributed by atoms with Gasteiger partial charge in [0.15, 0.2) is 15.8 Å². The van der Waals surface area contributed by atoms with Gasteiger partial charge >= 0.3 is 0 Å².